The number of para-hydroxylation sites is 4. The molecule has 0 unspecified atom stereocenters. The van der Waals surface area contributed by atoms with Gasteiger partial charge in [0.25, 0.3) is 0 Å². The van der Waals surface area contributed by atoms with E-state index in [9.17, 15) is 0 Å². The summed E-state index contributed by atoms with van der Waals surface area (Å²) in [5, 5.41) is 0. The van der Waals surface area contributed by atoms with E-state index in [0.29, 0.717) is 12.2 Å². The standard InChI is InChI=1S/2C12H15O3P.Cu.HI/c2*1-2-6-10(7-3-1)13-16-14-11-8-4-5-9-12(11)15-16;;/h2*4-5,8-10H,1-3,6-7H2;;1H/q;;+1;/p-1. The minimum Gasteiger partial charge on any atom is -1.00 e. The Labute approximate surface area is 232 Å². The van der Waals surface area contributed by atoms with Crippen LogP contribution in [0.25, 0.3) is 0 Å². The average molecular weight is 667 g/mol. The van der Waals surface area contributed by atoms with E-state index in [2.05, 4.69) is 0 Å². The summed E-state index contributed by atoms with van der Waals surface area (Å²) >= 11 is 0. The summed E-state index contributed by atoms with van der Waals surface area (Å²) in [4.78, 5) is 0. The summed E-state index contributed by atoms with van der Waals surface area (Å²) in [5.74, 6) is 3.24. The number of halogens is 1. The van der Waals surface area contributed by atoms with Gasteiger partial charge in [0.15, 0.2) is 23.0 Å². The molecule has 6 rings (SSSR count). The Balaban J connectivity index is 0.000000180. The van der Waals surface area contributed by atoms with Gasteiger partial charge in [-0.1, -0.05) is 62.8 Å². The molecule has 2 aliphatic carbocycles. The van der Waals surface area contributed by atoms with Gasteiger partial charge in [-0.05, 0) is 49.9 Å². The molecule has 2 aromatic carbocycles. The molecule has 0 atom stereocenters. The van der Waals surface area contributed by atoms with Gasteiger partial charge in [-0.3, -0.25) is 9.05 Å². The molecular weight excluding hydrogens is 637 g/mol. The molecule has 0 aromatic heterocycles. The van der Waals surface area contributed by atoms with Crippen molar-refractivity contribution >= 4 is 17.2 Å². The van der Waals surface area contributed by atoms with Crippen molar-refractivity contribution in [1.29, 1.82) is 0 Å². The average Bonchev–Trinajstić information content (AvgIpc) is 3.43. The fourth-order valence-electron chi connectivity index (χ4n) is 4.23. The normalized spacial score (nSPS) is 20.0. The van der Waals surface area contributed by atoms with E-state index in [1.807, 2.05) is 48.5 Å². The summed E-state index contributed by atoms with van der Waals surface area (Å²) in [6.45, 7) is 0. The molecule has 0 saturated heterocycles. The van der Waals surface area contributed by atoms with Crippen LogP contribution in [-0.2, 0) is 26.1 Å². The first kappa shape index (κ1) is 28.2. The fourth-order valence-corrected chi connectivity index (χ4v) is 6.63. The third-order valence-electron chi connectivity index (χ3n) is 5.96. The molecule has 34 heavy (non-hydrogen) atoms. The largest absolute Gasteiger partial charge is 1.00 e. The second-order valence-electron chi connectivity index (χ2n) is 8.44. The molecular formula is C24H30CuIO6P2. The molecule has 4 aliphatic rings. The van der Waals surface area contributed by atoms with Gasteiger partial charge in [0.1, 0.15) is 0 Å². The van der Waals surface area contributed by atoms with Crippen LogP contribution in [0.2, 0.25) is 0 Å². The van der Waals surface area contributed by atoms with Crippen LogP contribution in [0.1, 0.15) is 64.2 Å². The van der Waals surface area contributed by atoms with Crippen LogP contribution in [0.4, 0.5) is 0 Å². The Morgan fingerprint density at radius 1 is 0.529 bits per heavy atom. The van der Waals surface area contributed by atoms with Gasteiger partial charge in [-0.2, -0.15) is 0 Å². The molecule has 2 heterocycles. The molecule has 0 radical (unpaired) electrons. The van der Waals surface area contributed by atoms with E-state index in [0.717, 1.165) is 48.7 Å². The van der Waals surface area contributed by atoms with E-state index in [4.69, 9.17) is 27.1 Å². The number of hydrogen-bond donors (Lipinski definition) is 0. The summed E-state index contributed by atoms with van der Waals surface area (Å²) in [7, 11) is -2.39. The Morgan fingerprint density at radius 3 is 1.12 bits per heavy atom. The second kappa shape index (κ2) is 14.4. The van der Waals surface area contributed by atoms with Crippen LogP contribution in [0.15, 0.2) is 48.5 Å². The van der Waals surface area contributed by atoms with Crippen molar-refractivity contribution in [3.05, 3.63) is 48.5 Å². The number of benzene rings is 2. The predicted molar refractivity (Wildman–Crippen MR) is 125 cm³/mol. The van der Waals surface area contributed by atoms with Gasteiger partial charge >= 0.3 is 34.3 Å². The zero-order valence-electron chi connectivity index (χ0n) is 18.9. The topological polar surface area (TPSA) is 55.4 Å². The maximum absolute atomic E-state index is 5.86. The molecule has 0 amide bonds. The zero-order valence-corrected chi connectivity index (χ0v) is 23.8. The number of hydrogen-bond acceptors (Lipinski definition) is 6. The maximum Gasteiger partial charge on any atom is 1.00 e. The van der Waals surface area contributed by atoms with E-state index >= 15 is 0 Å². The maximum atomic E-state index is 5.86. The summed E-state index contributed by atoms with van der Waals surface area (Å²) in [6.07, 6.45) is 12.9. The molecule has 2 aromatic rings. The smallest absolute Gasteiger partial charge is 1.00 e. The molecule has 2 saturated carbocycles. The van der Waals surface area contributed by atoms with E-state index in [-0.39, 0.29) is 41.0 Å². The van der Waals surface area contributed by atoms with Crippen molar-refractivity contribution in [2.45, 2.75) is 76.4 Å². The van der Waals surface area contributed by atoms with Gasteiger partial charge in [-0.15, -0.1) is 0 Å². The molecule has 0 bridgehead atoms. The Morgan fingerprint density at radius 2 is 0.824 bits per heavy atom. The van der Waals surface area contributed by atoms with Crippen LogP contribution >= 0.6 is 17.2 Å². The molecule has 6 nitrogen and oxygen atoms in total. The Bertz CT molecular complexity index is 761. The minimum absolute atomic E-state index is 0. The van der Waals surface area contributed by atoms with Crippen LogP contribution in [0.3, 0.4) is 0 Å². The van der Waals surface area contributed by atoms with Gasteiger partial charge in [0.2, 0.25) is 0 Å². The number of fused-ring (bicyclic) bond motifs is 2. The molecule has 0 spiro atoms. The second-order valence-corrected chi connectivity index (χ2v) is 10.5. The summed E-state index contributed by atoms with van der Waals surface area (Å²) < 4.78 is 34.2. The molecule has 0 N–H and O–H groups in total. The van der Waals surface area contributed by atoms with E-state index in [1.54, 1.807) is 0 Å². The van der Waals surface area contributed by atoms with E-state index < -0.39 is 17.2 Å². The molecule has 190 valence electrons. The van der Waals surface area contributed by atoms with Gasteiger partial charge < -0.3 is 42.1 Å². The van der Waals surface area contributed by atoms with Crippen LogP contribution < -0.4 is 42.1 Å². The minimum atomic E-state index is -1.19. The van der Waals surface area contributed by atoms with Crippen molar-refractivity contribution in [2.24, 2.45) is 0 Å². The molecule has 10 heteroatoms. The van der Waals surface area contributed by atoms with Gasteiger partial charge in [0, 0.05) is 0 Å². The third kappa shape index (κ3) is 7.83. The van der Waals surface area contributed by atoms with Gasteiger partial charge in [0.05, 0.1) is 12.2 Å². The van der Waals surface area contributed by atoms with Crippen LogP contribution in [0.5, 0.6) is 23.0 Å². The fraction of sp³-hybridized carbons (Fsp3) is 0.500. The monoisotopic (exact) mass is 666 g/mol. The Hall–Kier alpha value is -0.331. The first-order chi connectivity index (χ1) is 15.8. The van der Waals surface area contributed by atoms with Crippen LogP contribution in [0, 0.1) is 0 Å². The molecule has 2 aliphatic heterocycles. The Kier molecular flexibility index (Phi) is 12.0. The van der Waals surface area contributed by atoms with Crippen molar-refractivity contribution < 1.29 is 68.2 Å². The quantitative estimate of drug-likeness (QED) is 0.258. The van der Waals surface area contributed by atoms with Crippen molar-refractivity contribution in [3.8, 4) is 23.0 Å². The van der Waals surface area contributed by atoms with Gasteiger partial charge in [-0.25, -0.2) is 0 Å². The zero-order chi connectivity index (χ0) is 21.6. The first-order valence-electron chi connectivity index (χ1n) is 11.7. The first-order valence-corrected chi connectivity index (χ1v) is 13.9. The van der Waals surface area contributed by atoms with Crippen LogP contribution in [-0.4, -0.2) is 12.2 Å². The predicted octanol–water partition coefficient (Wildman–Crippen LogP) is 5.07. The third-order valence-corrected chi connectivity index (χ3v) is 8.29. The number of rotatable bonds is 4. The van der Waals surface area contributed by atoms with E-state index in [1.165, 1.54) is 38.5 Å². The van der Waals surface area contributed by atoms with Crippen molar-refractivity contribution in [3.63, 3.8) is 0 Å². The SMILES string of the molecule is [Cu+].[I-].c1ccc2c(c1)OP(OC1CCCCC1)O2.c1ccc2c(c1)OP(OC1CCCCC1)O2. The van der Waals surface area contributed by atoms with Crippen molar-refractivity contribution in [1.82, 2.24) is 0 Å². The summed E-state index contributed by atoms with van der Waals surface area (Å²) in [5.41, 5.74) is 0. The van der Waals surface area contributed by atoms with Crippen molar-refractivity contribution in [2.75, 3.05) is 0 Å². The molecule has 2 fully saturated rings. The summed E-state index contributed by atoms with van der Waals surface area (Å²) in [6, 6.07) is 15.5.